The second-order valence-corrected chi connectivity index (χ2v) is 4.20. The van der Waals surface area contributed by atoms with Crippen LogP contribution in [0.3, 0.4) is 0 Å². The first-order valence-corrected chi connectivity index (χ1v) is 5.96. The molecule has 0 nitrogen and oxygen atoms in total. The van der Waals surface area contributed by atoms with Gasteiger partial charge < -0.3 is 0 Å². The van der Waals surface area contributed by atoms with Gasteiger partial charge in [0.15, 0.2) is 0 Å². The zero-order chi connectivity index (χ0) is 16.1. The van der Waals surface area contributed by atoms with Crippen LogP contribution in [0, 0.1) is 0 Å². The standard InChI is InChI=1S/2C9H10.2CH4.2H3P/c2*1-8(2)9-6-4-3-5-7-9;;;;/h2*3-7H,1H2,2H3;2*1H4;2*1H3/i1D;;1D;;;. The Morgan fingerprint density at radius 2 is 1.09 bits per heavy atom. The molecular weight excluding hydrogens is 302 g/mol. The molecule has 124 valence electrons. The highest BCUT2D eigenvalue weighted by Crippen LogP contribution is 2.09. The van der Waals surface area contributed by atoms with Crippen LogP contribution in [0.5, 0.6) is 0 Å². The summed E-state index contributed by atoms with van der Waals surface area (Å²) in [6, 6.07) is 20.1. The lowest BCUT2D eigenvalue weighted by Gasteiger charge is -1.94. The number of benzene rings is 2. The first kappa shape index (κ1) is 23.1. The van der Waals surface area contributed by atoms with Gasteiger partial charge in [-0.2, -0.15) is 19.8 Å². The van der Waals surface area contributed by atoms with Gasteiger partial charge in [0, 0.05) is 1.37 Å². The monoisotopic (exact) mass is 338 g/mol. The average Bonchev–Trinajstić information content (AvgIpc) is 2.58. The van der Waals surface area contributed by atoms with E-state index >= 15 is 0 Å². The van der Waals surface area contributed by atoms with Gasteiger partial charge in [0.1, 0.15) is 0 Å². The largest absolute Gasteiger partial charge is 0.153 e. The second-order valence-electron chi connectivity index (χ2n) is 4.20. The average molecular weight is 338 g/mol. The lowest BCUT2D eigenvalue weighted by molar-refractivity contribution is 1.58. The Balaban J connectivity index is -0.000000136. The molecule has 2 aromatic carbocycles. The van der Waals surface area contributed by atoms with Crippen molar-refractivity contribution in [3.63, 3.8) is 0 Å². The Labute approximate surface area is 147 Å². The van der Waals surface area contributed by atoms with Crippen molar-refractivity contribution in [1.82, 2.24) is 0 Å². The molecule has 0 aromatic heterocycles. The Hall–Kier alpha value is -1.22. The van der Waals surface area contributed by atoms with Crippen molar-refractivity contribution in [3.8, 4) is 0 Å². The maximum absolute atomic E-state index is 6.98. The Morgan fingerprint density at radius 3 is 1.32 bits per heavy atom. The molecule has 0 heterocycles. The smallest absolute Gasteiger partial charge is 0.0541 e. The summed E-state index contributed by atoms with van der Waals surface area (Å²) in [4.78, 5) is 0. The summed E-state index contributed by atoms with van der Waals surface area (Å²) >= 11 is 0. The fourth-order valence-electron chi connectivity index (χ4n) is 1.42. The minimum absolute atomic E-state index is 0. The van der Waals surface area contributed by atoms with Gasteiger partial charge in [-0.3, -0.25) is 0 Å². The zero-order valence-electron chi connectivity index (χ0n) is 15.5. The first-order chi connectivity index (χ1) is 10.1. The normalized spacial score (nSPS) is 9.32. The Kier molecular flexibility index (Phi) is 16.9. The molecule has 22 heavy (non-hydrogen) atoms. The van der Waals surface area contributed by atoms with Gasteiger partial charge in [0.2, 0.25) is 0 Å². The Morgan fingerprint density at radius 1 is 0.773 bits per heavy atom. The van der Waals surface area contributed by atoms with Crippen LogP contribution in [0.4, 0.5) is 0 Å². The number of allylic oxidation sites excluding steroid dienone is 2. The molecule has 0 aliphatic rings. The number of hydrogen-bond donors (Lipinski definition) is 0. The molecule has 2 unspecified atom stereocenters. The molecule has 0 spiro atoms. The fraction of sp³-hybridized carbons (Fsp3) is 0.200. The highest BCUT2D eigenvalue weighted by molar-refractivity contribution is 6.92. The van der Waals surface area contributed by atoms with Crippen LogP contribution >= 0.6 is 19.8 Å². The molecule has 2 atom stereocenters. The molecule has 0 bridgehead atoms. The van der Waals surface area contributed by atoms with E-state index in [2.05, 4.69) is 18.7 Å². The molecule has 0 aliphatic carbocycles. The second kappa shape index (κ2) is 16.2. The summed E-state index contributed by atoms with van der Waals surface area (Å²) in [6.07, 6.45) is 0. The maximum Gasteiger partial charge on any atom is 0.0541 e. The van der Waals surface area contributed by atoms with Gasteiger partial charge in [-0.1, -0.05) is 99.8 Å². The van der Waals surface area contributed by atoms with Crippen molar-refractivity contribution in [2.45, 2.75) is 28.7 Å². The molecule has 0 fully saturated rings. The van der Waals surface area contributed by atoms with Gasteiger partial charge in [-0.15, -0.1) is 0 Å². The van der Waals surface area contributed by atoms with E-state index < -0.39 is 0 Å². The van der Waals surface area contributed by atoms with E-state index in [1.807, 2.05) is 62.4 Å². The van der Waals surface area contributed by atoms with E-state index in [-0.39, 0.29) is 27.2 Å². The van der Waals surface area contributed by atoms with Crippen LogP contribution < -0.4 is 0 Å². The maximum atomic E-state index is 6.98. The summed E-state index contributed by atoms with van der Waals surface area (Å²) < 4.78 is 12.7. The van der Waals surface area contributed by atoms with Crippen LogP contribution in [-0.4, -0.2) is 0 Å². The molecule has 0 saturated heterocycles. The third-order valence-corrected chi connectivity index (χ3v) is 2.50. The van der Waals surface area contributed by atoms with E-state index in [1.165, 1.54) is 19.5 Å². The van der Waals surface area contributed by atoms with Crippen LogP contribution in [0.2, 0.25) is 0 Å². The van der Waals surface area contributed by atoms with Gasteiger partial charge in [0.25, 0.3) is 0 Å². The minimum Gasteiger partial charge on any atom is -0.153 e. The summed E-state index contributed by atoms with van der Waals surface area (Å²) in [6.45, 7) is 9.14. The molecule has 0 N–H and O–H groups in total. The highest BCUT2D eigenvalue weighted by Gasteiger charge is 1.86. The van der Waals surface area contributed by atoms with Crippen molar-refractivity contribution in [2.75, 3.05) is 0 Å². The Bertz CT molecular complexity index is 538. The molecule has 0 saturated carbocycles. The predicted octanol–water partition coefficient (Wildman–Crippen LogP) is 6.83. The van der Waals surface area contributed by atoms with Crippen LogP contribution in [-0.2, 0) is 0 Å². The predicted molar refractivity (Wildman–Crippen MR) is 118 cm³/mol. The zero-order valence-corrected chi connectivity index (χ0v) is 16.3. The first-order valence-electron chi connectivity index (χ1n) is 7.54. The van der Waals surface area contributed by atoms with Gasteiger partial charge in [-0.25, -0.2) is 0 Å². The van der Waals surface area contributed by atoms with E-state index in [4.69, 9.17) is 2.74 Å². The van der Waals surface area contributed by atoms with E-state index in [1.54, 1.807) is 0 Å². The van der Waals surface area contributed by atoms with Crippen LogP contribution in [0.15, 0.2) is 73.8 Å². The number of rotatable bonds is 2. The fourth-order valence-corrected chi connectivity index (χ4v) is 1.42. The number of hydrogen-bond acceptors (Lipinski definition) is 0. The quantitative estimate of drug-likeness (QED) is 0.527. The molecule has 0 amide bonds. The van der Waals surface area contributed by atoms with Gasteiger partial charge in [-0.05, 0) is 25.0 Å². The van der Waals surface area contributed by atoms with Crippen molar-refractivity contribution in [3.05, 3.63) is 84.9 Å². The van der Waals surface area contributed by atoms with Crippen LogP contribution in [0.1, 0.15) is 42.5 Å². The summed E-state index contributed by atoms with van der Waals surface area (Å²) in [7, 11) is 1.25. The van der Waals surface area contributed by atoms with Crippen molar-refractivity contribution in [1.29, 1.82) is 0 Å². The van der Waals surface area contributed by atoms with E-state index in [0.29, 0.717) is 0 Å². The van der Waals surface area contributed by atoms with Crippen LogP contribution in [0.25, 0.3) is 11.1 Å². The van der Waals surface area contributed by atoms with Gasteiger partial charge in [0.05, 0.1) is 1.37 Å². The SMILES string of the molecule is C.C=C(C)c1ccccc1.P.P.[2H]C.[2H]C=C(C)c1ccccc1. The molecule has 0 aliphatic heterocycles. The van der Waals surface area contributed by atoms with E-state index in [9.17, 15) is 0 Å². The molecule has 0 radical (unpaired) electrons. The third kappa shape index (κ3) is 11.4. The lowest BCUT2D eigenvalue weighted by atomic mass is 10.1. The summed E-state index contributed by atoms with van der Waals surface area (Å²) in [5, 5.41) is 0. The van der Waals surface area contributed by atoms with Crippen molar-refractivity contribution < 1.29 is 2.74 Å². The third-order valence-electron chi connectivity index (χ3n) is 2.50. The van der Waals surface area contributed by atoms with Crippen molar-refractivity contribution >= 4 is 30.9 Å². The summed E-state index contributed by atoms with van der Waals surface area (Å²) in [5.41, 5.74) is 4.46. The van der Waals surface area contributed by atoms with Gasteiger partial charge >= 0.3 is 0 Å². The molecular formula is C20H34P2. The minimum atomic E-state index is 0. The highest BCUT2D eigenvalue weighted by atomic mass is 31.0. The molecule has 2 aromatic rings. The van der Waals surface area contributed by atoms with Crippen molar-refractivity contribution in [2.24, 2.45) is 0 Å². The lowest BCUT2D eigenvalue weighted by Crippen LogP contribution is -1.72. The molecule has 2 rings (SSSR count). The van der Waals surface area contributed by atoms with E-state index in [0.717, 1.165) is 16.7 Å². The summed E-state index contributed by atoms with van der Waals surface area (Å²) in [5.74, 6) is 0. The molecule has 2 heteroatoms. The topological polar surface area (TPSA) is 0 Å².